The number of hydrogen-bond donors (Lipinski definition) is 3. The van der Waals surface area contributed by atoms with Gasteiger partial charge in [0.25, 0.3) is 8.32 Å². The van der Waals surface area contributed by atoms with Crippen LogP contribution in [0, 0.1) is 0 Å². The monoisotopic (exact) mass is 826 g/mol. The van der Waals surface area contributed by atoms with E-state index in [0.29, 0.717) is 25.8 Å². The quantitative estimate of drug-likeness (QED) is 0.119. The molecule has 0 bridgehead atoms. The van der Waals surface area contributed by atoms with Gasteiger partial charge in [-0.15, -0.1) is 0 Å². The second-order valence-corrected chi connectivity index (χ2v) is 21.1. The van der Waals surface area contributed by atoms with E-state index in [1.54, 1.807) is 11.0 Å². The molecule has 10 nitrogen and oxygen atoms in total. The highest BCUT2D eigenvalue weighted by Crippen LogP contribution is 2.37. The Morgan fingerprint density at radius 3 is 1.73 bits per heavy atom. The maximum Gasteiger partial charge on any atom is 0.262 e. The van der Waals surface area contributed by atoms with Gasteiger partial charge in [-0.05, 0) is 59.1 Å². The summed E-state index contributed by atoms with van der Waals surface area (Å²) in [5.41, 5.74) is 1.69. The molecule has 2 fully saturated rings. The van der Waals surface area contributed by atoms with Crippen molar-refractivity contribution in [2.45, 2.75) is 108 Å². The minimum absolute atomic E-state index is 0.0670. The minimum Gasteiger partial charge on any atom is -0.398 e. The molecule has 5 atom stereocenters. The van der Waals surface area contributed by atoms with Gasteiger partial charge in [0.15, 0.2) is 5.78 Å². The maximum absolute atomic E-state index is 14.2. The van der Waals surface area contributed by atoms with Crippen LogP contribution in [0.3, 0.4) is 0 Å². The van der Waals surface area contributed by atoms with Crippen molar-refractivity contribution in [3.8, 4) is 0 Å². The third kappa shape index (κ3) is 10.6. The third-order valence-electron chi connectivity index (χ3n) is 11.6. The van der Waals surface area contributed by atoms with Gasteiger partial charge in [0.05, 0.1) is 0 Å². The van der Waals surface area contributed by atoms with Crippen molar-refractivity contribution in [2.75, 3.05) is 6.54 Å². The van der Waals surface area contributed by atoms with Crippen LogP contribution in [0.25, 0.3) is 0 Å². The van der Waals surface area contributed by atoms with Gasteiger partial charge in [0, 0.05) is 25.8 Å². The highest BCUT2D eigenvalue weighted by molar-refractivity contribution is 6.99. The Labute approximate surface area is 355 Å². The molecule has 0 radical (unpaired) electrons. The predicted molar refractivity (Wildman–Crippen MR) is 237 cm³/mol. The molecule has 314 valence electrons. The molecule has 3 N–H and O–H groups in total. The molecule has 0 aliphatic carbocycles. The number of amides is 4. The topological polar surface area (TPSA) is 134 Å². The summed E-state index contributed by atoms with van der Waals surface area (Å²) >= 11 is 0. The molecule has 11 heteroatoms. The van der Waals surface area contributed by atoms with E-state index in [0.717, 1.165) is 21.5 Å². The lowest BCUT2D eigenvalue weighted by Crippen LogP contribution is -2.68. The Balaban J connectivity index is 1.17. The van der Waals surface area contributed by atoms with Gasteiger partial charge in [0.1, 0.15) is 30.3 Å². The van der Waals surface area contributed by atoms with E-state index < -0.39 is 56.3 Å². The molecule has 2 aliphatic rings. The van der Waals surface area contributed by atoms with E-state index >= 15 is 0 Å². The summed E-state index contributed by atoms with van der Waals surface area (Å²) in [4.78, 5) is 71.5. The Bertz CT molecular complexity index is 2070. The molecule has 4 amide bonds. The molecule has 0 spiro atoms. The minimum atomic E-state index is -2.94. The molecule has 0 unspecified atom stereocenters. The predicted octanol–water partition coefficient (Wildman–Crippen LogP) is 5.19. The first kappa shape index (κ1) is 43.9. The van der Waals surface area contributed by atoms with Gasteiger partial charge in [-0.1, -0.05) is 154 Å². The van der Waals surface area contributed by atoms with E-state index in [9.17, 15) is 24.0 Å². The van der Waals surface area contributed by atoms with Crippen LogP contribution in [-0.4, -0.2) is 79.4 Å². The molecular formula is C49H58N4O6Si. The maximum atomic E-state index is 14.2. The lowest BCUT2D eigenvalue weighted by atomic mass is 10.0. The van der Waals surface area contributed by atoms with Crippen molar-refractivity contribution in [3.63, 3.8) is 0 Å². The summed E-state index contributed by atoms with van der Waals surface area (Å²) in [5, 5.41) is 10.7. The fourth-order valence-corrected chi connectivity index (χ4v) is 13.1. The lowest BCUT2D eigenvalue weighted by molar-refractivity contribution is -0.143. The van der Waals surface area contributed by atoms with Crippen molar-refractivity contribution in [2.24, 2.45) is 0 Å². The highest BCUT2D eigenvalue weighted by atomic mass is 28.4. The zero-order valence-corrected chi connectivity index (χ0v) is 36.1. The van der Waals surface area contributed by atoms with Crippen molar-refractivity contribution in [1.82, 2.24) is 20.9 Å². The molecule has 2 aliphatic heterocycles. The summed E-state index contributed by atoms with van der Waals surface area (Å²) < 4.78 is 7.02. The molecule has 4 aromatic rings. The summed E-state index contributed by atoms with van der Waals surface area (Å²) in [6, 6.07) is 35.5. The molecule has 2 saturated heterocycles. The van der Waals surface area contributed by atoms with Gasteiger partial charge in [-0.25, -0.2) is 0 Å². The Morgan fingerprint density at radius 2 is 1.18 bits per heavy atom. The van der Waals surface area contributed by atoms with Crippen LogP contribution in [0.2, 0.25) is 5.04 Å². The van der Waals surface area contributed by atoms with Crippen molar-refractivity contribution in [1.29, 1.82) is 0 Å². The van der Waals surface area contributed by atoms with E-state index in [1.807, 2.05) is 110 Å². The summed E-state index contributed by atoms with van der Waals surface area (Å²) in [5.74, 6) is -1.77. The van der Waals surface area contributed by atoms with Gasteiger partial charge < -0.3 is 25.3 Å². The zero-order chi connectivity index (χ0) is 42.7. The fraction of sp³-hybridized carbons (Fsp3) is 0.367. The number of nitrogens with zero attached hydrogens (tertiary/aromatic N) is 1. The number of Topliss-reactive ketones (excluding diaryl/α,β-unsaturated/α-hetero) is 1. The average molecular weight is 827 g/mol. The molecule has 60 heavy (non-hydrogen) atoms. The van der Waals surface area contributed by atoms with Crippen molar-refractivity contribution < 1.29 is 28.4 Å². The Hall–Kier alpha value is -5.65. The van der Waals surface area contributed by atoms with Crippen LogP contribution in [0.15, 0.2) is 133 Å². The van der Waals surface area contributed by atoms with Crippen molar-refractivity contribution >= 4 is 48.1 Å². The molecule has 0 saturated carbocycles. The number of carbonyl (C=O) groups is 5. The first-order chi connectivity index (χ1) is 28.9. The number of fused-ring (bicyclic) bond motifs is 1. The Kier molecular flexibility index (Phi) is 14.7. The fourth-order valence-electron chi connectivity index (χ4n) is 8.46. The zero-order valence-electron chi connectivity index (χ0n) is 35.1. The number of benzene rings is 4. The summed E-state index contributed by atoms with van der Waals surface area (Å²) in [6.45, 7) is 8.72. The van der Waals surface area contributed by atoms with Crippen LogP contribution in [0.1, 0.15) is 70.9 Å². The largest absolute Gasteiger partial charge is 0.398 e. The molecular weight excluding hydrogens is 769 g/mol. The molecule has 0 aromatic heterocycles. The number of nitrogens with one attached hydrogen (secondary N) is 3. The summed E-state index contributed by atoms with van der Waals surface area (Å²) in [7, 11) is -2.94. The molecule has 4 aromatic carbocycles. The SMILES string of the molecule is C[C@@H](O[Si](c1ccccc1)(c1ccccc1)C(C)(C)C)C(=O)CC=CCC[C@@H]1NC(=O)[C@H]2CCCN2C(=O)[C@H](Cc2ccccc2)NC(=O)[C@@H](Cc2ccccc2)NC1=O. The van der Waals surface area contributed by atoms with Crippen LogP contribution in [-0.2, 0) is 41.2 Å². The third-order valence-corrected chi connectivity index (χ3v) is 16.7. The normalized spacial score (nSPS) is 21.0. The second kappa shape index (κ2) is 20.1. The standard InChI is InChI=1S/C49H58N4O6Si/c1-35(59-60(49(2,3)4,38-25-14-7-15-26-38)39-27-16-8-17-28-39)44(54)31-19-9-18-29-40-45(55)51-41(33-36-21-10-5-11-22-36)46(56)52-42(34-37-23-12-6-13-24-37)48(58)53-32-20-30-43(53)47(57)50-40/h5-17,19,21-28,35,40-43H,18,20,29-34H2,1-4H3,(H,50,57)(H,51,55)(H,52,56)/t35-,40+,41-,42+,43-/m1/s1. The van der Waals surface area contributed by atoms with Gasteiger partial charge >= 0.3 is 0 Å². The van der Waals surface area contributed by atoms with E-state index in [2.05, 4.69) is 61.0 Å². The summed E-state index contributed by atoms with van der Waals surface area (Å²) in [6.07, 6.45) is 5.17. The number of hydrogen-bond acceptors (Lipinski definition) is 6. The smallest absolute Gasteiger partial charge is 0.262 e. The van der Waals surface area contributed by atoms with E-state index in [4.69, 9.17) is 4.43 Å². The van der Waals surface area contributed by atoms with Crippen LogP contribution in [0.5, 0.6) is 0 Å². The van der Waals surface area contributed by atoms with Gasteiger partial charge in [-0.3, -0.25) is 24.0 Å². The van der Waals surface area contributed by atoms with Crippen molar-refractivity contribution in [3.05, 3.63) is 145 Å². The molecule has 6 rings (SSSR count). The number of allylic oxidation sites excluding steroid dienone is 2. The first-order valence-electron chi connectivity index (χ1n) is 21.1. The van der Waals surface area contributed by atoms with Gasteiger partial charge in [0.2, 0.25) is 23.6 Å². The van der Waals surface area contributed by atoms with Crippen LogP contribution < -0.4 is 26.3 Å². The second-order valence-electron chi connectivity index (χ2n) is 16.9. The average Bonchev–Trinajstić information content (AvgIpc) is 3.75. The number of rotatable bonds is 14. The molecule has 2 heterocycles. The highest BCUT2D eigenvalue weighted by Gasteiger charge is 2.51. The van der Waals surface area contributed by atoms with E-state index in [-0.39, 0.29) is 42.4 Å². The Morgan fingerprint density at radius 1 is 0.700 bits per heavy atom. The van der Waals surface area contributed by atoms with Crippen LogP contribution in [0.4, 0.5) is 0 Å². The number of ketones is 1. The van der Waals surface area contributed by atoms with Crippen LogP contribution >= 0.6 is 0 Å². The number of carbonyl (C=O) groups excluding carboxylic acids is 5. The first-order valence-corrected chi connectivity index (χ1v) is 23.0. The lowest BCUT2D eigenvalue weighted by Gasteiger charge is -2.44. The van der Waals surface area contributed by atoms with Gasteiger partial charge in [-0.2, -0.15) is 0 Å². The van der Waals surface area contributed by atoms with E-state index in [1.165, 1.54) is 0 Å².